The van der Waals surface area contributed by atoms with Crippen molar-refractivity contribution in [2.45, 2.75) is 12.5 Å². The van der Waals surface area contributed by atoms with E-state index in [1.165, 1.54) is 9.13 Å². The van der Waals surface area contributed by atoms with E-state index in [2.05, 4.69) is 46.9 Å². The van der Waals surface area contributed by atoms with Crippen LogP contribution in [0, 0.1) is 3.57 Å². The highest BCUT2D eigenvalue weighted by Gasteiger charge is 2.12. The van der Waals surface area contributed by atoms with Gasteiger partial charge in [-0.15, -0.1) is 11.3 Å². The smallest absolute Gasteiger partial charge is 0.0561 e. The molecule has 0 radical (unpaired) electrons. The van der Waals surface area contributed by atoms with Crippen molar-refractivity contribution in [3.05, 3.63) is 54.7 Å². The summed E-state index contributed by atoms with van der Waals surface area (Å²) in [7, 11) is 0. The van der Waals surface area contributed by atoms with Crippen LogP contribution in [0.3, 0.4) is 0 Å². The predicted octanol–water partition coefficient (Wildman–Crippen LogP) is 4.25. The number of halogens is 2. The third-order valence-corrected chi connectivity index (χ3v) is 4.56. The van der Waals surface area contributed by atoms with Crippen molar-refractivity contribution in [1.82, 2.24) is 0 Å². The molecule has 0 saturated carbocycles. The Labute approximate surface area is 118 Å². The van der Waals surface area contributed by atoms with Gasteiger partial charge in [0.2, 0.25) is 0 Å². The Kier molecular flexibility index (Phi) is 4.24. The number of hydrogen-bond acceptors (Lipinski definition) is 2. The molecule has 0 aliphatic heterocycles. The van der Waals surface area contributed by atoms with Crippen LogP contribution in [-0.4, -0.2) is 0 Å². The Bertz CT molecular complexity index is 466. The van der Waals surface area contributed by atoms with Gasteiger partial charge >= 0.3 is 0 Å². The van der Waals surface area contributed by atoms with Crippen molar-refractivity contribution in [3.8, 4) is 0 Å². The fourth-order valence-electron chi connectivity index (χ4n) is 1.54. The average Bonchev–Trinajstić information content (AvgIpc) is 2.68. The molecule has 2 aromatic rings. The Morgan fingerprint density at radius 2 is 1.94 bits per heavy atom. The molecule has 0 fully saturated rings. The van der Waals surface area contributed by atoms with E-state index in [-0.39, 0.29) is 6.04 Å². The van der Waals surface area contributed by atoms with Crippen LogP contribution in [0.1, 0.15) is 16.5 Å². The van der Waals surface area contributed by atoms with Gasteiger partial charge < -0.3 is 5.73 Å². The van der Waals surface area contributed by atoms with Gasteiger partial charge in [-0.3, -0.25) is 0 Å². The number of thiophene rings is 1. The molecule has 1 nitrogen and oxygen atoms in total. The molecule has 2 N–H and O–H groups in total. The first-order valence-corrected chi connectivity index (χ1v) is 7.23. The van der Waals surface area contributed by atoms with Crippen LogP contribution in [0.5, 0.6) is 0 Å². The summed E-state index contributed by atoms with van der Waals surface area (Å²) < 4.78 is 1.24. The van der Waals surface area contributed by atoms with Crippen molar-refractivity contribution >= 4 is 45.5 Å². The average molecular weight is 364 g/mol. The molecule has 1 unspecified atom stereocenters. The van der Waals surface area contributed by atoms with Gasteiger partial charge in [0.15, 0.2) is 0 Å². The molecule has 0 aliphatic rings. The summed E-state index contributed by atoms with van der Waals surface area (Å²) in [5.74, 6) is 0. The maximum atomic E-state index is 6.13. The Morgan fingerprint density at radius 3 is 2.50 bits per heavy atom. The molecule has 1 atom stereocenters. The monoisotopic (exact) mass is 363 g/mol. The summed E-state index contributed by atoms with van der Waals surface area (Å²) in [6, 6.07) is 10.3. The molecule has 0 amide bonds. The molecule has 16 heavy (non-hydrogen) atoms. The molecule has 0 bridgehead atoms. The highest BCUT2D eigenvalue weighted by molar-refractivity contribution is 14.1. The zero-order valence-electron chi connectivity index (χ0n) is 8.49. The summed E-state index contributed by atoms with van der Waals surface area (Å²) in [5.41, 5.74) is 7.38. The molecule has 0 saturated heterocycles. The molecule has 2 rings (SSSR count). The number of nitrogens with two attached hydrogens (primary N) is 1. The zero-order chi connectivity index (χ0) is 11.5. The lowest BCUT2D eigenvalue weighted by atomic mass is 10.1. The first-order valence-electron chi connectivity index (χ1n) is 4.89. The fraction of sp³-hybridized carbons (Fsp3) is 0.167. The van der Waals surface area contributed by atoms with Crippen LogP contribution < -0.4 is 5.73 Å². The van der Waals surface area contributed by atoms with E-state index in [9.17, 15) is 0 Å². The number of hydrogen-bond donors (Lipinski definition) is 1. The molecule has 0 aliphatic carbocycles. The molecule has 84 valence electrons. The normalized spacial score (nSPS) is 12.7. The van der Waals surface area contributed by atoms with Crippen molar-refractivity contribution in [2.24, 2.45) is 5.73 Å². The minimum atomic E-state index is -0.00689. The standard InChI is InChI=1S/C12H11ClINS/c13-10-5-6-16-12(10)11(15)7-8-1-3-9(14)4-2-8/h1-6,11H,7,15H2. The van der Waals surface area contributed by atoms with Gasteiger partial charge in [-0.25, -0.2) is 0 Å². The maximum Gasteiger partial charge on any atom is 0.0561 e. The number of benzene rings is 1. The Morgan fingerprint density at radius 1 is 1.25 bits per heavy atom. The Balaban J connectivity index is 2.10. The third kappa shape index (κ3) is 2.97. The quantitative estimate of drug-likeness (QED) is 0.811. The predicted molar refractivity (Wildman–Crippen MR) is 79.1 cm³/mol. The van der Waals surface area contributed by atoms with Crippen molar-refractivity contribution < 1.29 is 0 Å². The second-order valence-corrected chi connectivity index (χ2v) is 6.17. The number of rotatable bonds is 3. The lowest BCUT2D eigenvalue weighted by molar-refractivity contribution is 0.736. The van der Waals surface area contributed by atoms with Crippen LogP contribution in [0.2, 0.25) is 5.02 Å². The molecule has 1 aromatic heterocycles. The van der Waals surface area contributed by atoms with E-state index < -0.39 is 0 Å². The SMILES string of the molecule is NC(Cc1ccc(I)cc1)c1sccc1Cl. The van der Waals surface area contributed by atoms with Crippen molar-refractivity contribution in [2.75, 3.05) is 0 Å². The van der Waals surface area contributed by atoms with E-state index >= 15 is 0 Å². The molecule has 0 spiro atoms. The van der Waals surface area contributed by atoms with Crippen molar-refractivity contribution in [3.63, 3.8) is 0 Å². The maximum absolute atomic E-state index is 6.13. The third-order valence-electron chi connectivity index (χ3n) is 2.35. The molecule has 1 aromatic carbocycles. The first-order chi connectivity index (χ1) is 7.66. The molecule has 4 heteroatoms. The summed E-state index contributed by atoms with van der Waals surface area (Å²) in [6.07, 6.45) is 0.831. The van der Waals surface area contributed by atoms with E-state index in [1.54, 1.807) is 11.3 Å². The molecule has 1 heterocycles. The van der Waals surface area contributed by atoms with Gasteiger partial charge in [-0.05, 0) is 58.2 Å². The summed E-state index contributed by atoms with van der Waals surface area (Å²) in [4.78, 5) is 1.07. The van der Waals surface area contributed by atoms with Gasteiger partial charge in [0, 0.05) is 14.5 Å². The summed E-state index contributed by atoms with van der Waals surface area (Å²) in [5, 5.41) is 2.76. The lowest BCUT2D eigenvalue weighted by Gasteiger charge is -2.10. The van der Waals surface area contributed by atoms with Gasteiger partial charge in [-0.1, -0.05) is 23.7 Å². The van der Waals surface area contributed by atoms with E-state index in [4.69, 9.17) is 17.3 Å². The second kappa shape index (κ2) is 5.49. The van der Waals surface area contributed by atoms with Crippen LogP contribution in [0.4, 0.5) is 0 Å². The topological polar surface area (TPSA) is 26.0 Å². The minimum Gasteiger partial charge on any atom is -0.323 e. The fourth-order valence-corrected chi connectivity index (χ4v) is 3.10. The highest BCUT2D eigenvalue weighted by Crippen LogP contribution is 2.29. The van der Waals surface area contributed by atoms with Crippen molar-refractivity contribution in [1.29, 1.82) is 0 Å². The van der Waals surface area contributed by atoms with Gasteiger partial charge in [0.25, 0.3) is 0 Å². The minimum absolute atomic E-state index is 0.00689. The lowest BCUT2D eigenvalue weighted by Crippen LogP contribution is -2.12. The van der Waals surface area contributed by atoms with Crippen LogP contribution in [0.25, 0.3) is 0 Å². The van der Waals surface area contributed by atoms with Gasteiger partial charge in [0.05, 0.1) is 5.02 Å². The van der Waals surface area contributed by atoms with E-state index in [1.807, 2.05) is 11.4 Å². The van der Waals surface area contributed by atoms with Gasteiger partial charge in [0.1, 0.15) is 0 Å². The summed E-state index contributed by atoms with van der Waals surface area (Å²) in [6.45, 7) is 0. The van der Waals surface area contributed by atoms with Crippen LogP contribution in [0.15, 0.2) is 35.7 Å². The first kappa shape index (κ1) is 12.4. The molecular weight excluding hydrogens is 353 g/mol. The largest absolute Gasteiger partial charge is 0.323 e. The zero-order valence-corrected chi connectivity index (χ0v) is 12.2. The Hall–Kier alpha value is -0.100. The summed E-state index contributed by atoms with van der Waals surface area (Å²) >= 11 is 9.97. The van der Waals surface area contributed by atoms with E-state index in [0.717, 1.165) is 16.3 Å². The molecular formula is C12H11ClINS. The van der Waals surface area contributed by atoms with Crippen LogP contribution in [-0.2, 0) is 6.42 Å². The highest BCUT2D eigenvalue weighted by atomic mass is 127. The van der Waals surface area contributed by atoms with E-state index in [0.29, 0.717) is 0 Å². The van der Waals surface area contributed by atoms with Gasteiger partial charge in [-0.2, -0.15) is 0 Å². The van der Waals surface area contributed by atoms with Crippen LogP contribution >= 0.6 is 45.5 Å². The second-order valence-electron chi connectivity index (χ2n) is 3.57.